The first-order valence-corrected chi connectivity index (χ1v) is 12.1. The smallest absolute Gasteiger partial charge is 0.130 e. The van der Waals surface area contributed by atoms with E-state index in [0.29, 0.717) is 12.0 Å². The van der Waals surface area contributed by atoms with E-state index in [-0.39, 0.29) is 6.29 Å². The second-order valence-electron chi connectivity index (χ2n) is 8.50. The lowest BCUT2D eigenvalue weighted by Gasteiger charge is -2.42. The van der Waals surface area contributed by atoms with E-state index < -0.39 is 11.0 Å². The zero-order valence-electron chi connectivity index (χ0n) is 18.1. The maximum atomic E-state index is 13.2. The lowest BCUT2D eigenvalue weighted by molar-refractivity contribution is 0.0366. The molecule has 5 nitrogen and oxygen atoms in total. The highest BCUT2D eigenvalue weighted by Crippen LogP contribution is 2.22. The van der Waals surface area contributed by atoms with Crippen LogP contribution in [0.25, 0.3) is 0 Å². The second kappa shape index (κ2) is 10.3. The lowest BCUT2D eigenvalue weighted by Crippen LogP contribution is -2.58. The monoisotopic (exact) mass is 406 g/mol. The summed E-state index contributed by atoms with van der Waals surface area (Å²) in [4.78, 5) is 5.99. The van der Waals surface area contributed by atoms with Crippen LogP contribution < -0.4 is 5.32 Å². The number of unbranched alkanes of at least 4 members (excludes halogenated alkanes) is 1. The van der Waals surface area contributed by atoms with Gasteiger partial charge in [0, 0.05) is 45.3 Å². The van der Waals surface area contributed by atoms with Gasteiger partial charge in [0.05, 0.1) is 4.90 Å². The molecule has 2 saturated heterocycles. The molecule has 0 aromatic heterocycles. The van der Waals surface area contributed by atoms with Gasteiger partial charge in [-0.05, 0) is 37.0 Å². The van der Waals surface area contributed by atoms with Crippen LogP contribution in [0.4, 0.5) is 0 Å². The van der Waals surface area contributed by atoms with Crippen molar-refractivity contribution in [1.29, 1.82) is 0 Å². The summed E-state index contributed by atoms with van der Waals surface area (Å²) in [6, 6.07) is 8.98. The van der Waals surface area contributed by atoms with Crippen molar-refractivity contribution < 1.29 is 4.21 Å². The minimum Gasteiger partial charge on any atom is -0.298 e. The van der Waals surface area contributed by atoms with Gasteiger partial charge in [0.2, 0.25) is 0 Å². The third kappa shape index (κ3) is 5.22. The summed E-state index contributed by atoms with van der Waals surface area (Å²) < 4.78 is 15.4. The number of hydrogen-bond donors (Lipinski definition) is 1. The van der Waals surface area contributed by atoms with Crippen molar-refractivity contribution in [3.8, 4) is 0 Å². The quantitative estimate of drug-likeness (QED) is 0.719. The highest BCUT2D eigenvalue weighted by molar-refractivity contribution is 7.82. The fourth-order valence-corrected chi connectivity index (χ4v) is 5.51. The normalized spacial score (nSPS) is 24.7. The molecule has 3 rings (SSSR count). The molecule has 0 bridgehead atoms. The third-order valence-electron chi connectivity index (χ3n) is 6.19. The molecule has 2 heterocycles. The SMILES string of the molecule is CCCCC(C)N1CCN(C2NCCN2S(=O)c2ccc(C(C)C)cc2)CC1. The predicted molar refractivity (Wildman–Crippen MR) is 118 cm³/mol. The Labute approximate surface area is 174 Å². The molecule has 2 fully saturated rings. The summed E-state index contributed by atoms with van der Waals surface area (Å²) in [7, 11) is -1.12. The highest BCUT2D eigenvalue weighted by atomic mass is 32.2. The first kappa shape index (κ1) is 21.9. The van der Waals surface area contributed by atoms with Gasteiger partial charge in [-0.1, -0.05) is 45.7 Å². The van der Waals surface area contributed by atoms with Gasteiger partial charge in [-0.15, -0.1) is 0 Å². The van der Waals surface area contributed by atoms with Crippen molar-refractivity contribution in [2.75, 3.05) is 39.3 Å². The number of nitrogens with zero attached hydrogens (tertiary/aromatic N) is 3. The average Bonchev–Trinajstić information content (AvgIpc) is 3.21. The van der Waals surface area contributed by atoms with E-state index in [1.54, 1.807) is 0 Å². The second-order valence-corrected chi connectivity index (χ2v) is 9.94. The molecule has 0 aliphatic carbocycles. The zero-order chi connectivity index (χ0) is 20.1. The number of nitrogens with one attached hydrogen (secondary N) is 1. The molecule has 158 valence electrons. The number of hydrogen-bond acceptors (Lipinski definition) is 4. The van der Waals surface area contributed by atoms with Gasteiger partial charge in [0.1, 0.15) is 17.3 Å². The molecule has 0 spiro atoms. The fourth-order valence-electron chi connectivity index (χ4n) is 4.22. The van der Waals surface area contributed by atoms with Gasteiger partial charge in [-0.25, -0.2) is 4.21 Å². The van der Waals surface area contributed by atoms with Crippen LogP contribution in [0.15, 0.2) is 29.2 Å². The molecule has 1 aromatic rings. The summed E-state index contributed by atoms with van der Waals surface area (Å²) in [6.07, 6.45) is 3.96. The van der Waals surface area contributed by atoms with E-state index in [4.69, 9.17) is 0 Å². The van der Waals surface area contributed by atoms with Gasteiger partial charge >= 0.3 is 0 Å². The van der Waals surface area contributed by atoms with E-state index >= 15 is 0 Å². The molecule has 3 unspecified atom stereocenters. The van der Waals surface area contributed by atoms with Crippen LogP contribution in [-0.4, -0.2) is 69.9 Å². The molecule has 28 heavy (non-hydrogen) atoms. The van der Waals surface area contributed by atoms with Crippen LogP contribution in [-0.2, 0) is 11.0 Å². The lowest BCUT2D eigenvalue weighted by atomic mass is 10.0. The Kier molecular flexibility index (Phi) is 8.06. The summed E-state index contributed by atoms with van der Waals surface area (Å²) in [6.45, 7) is 15.0. The Morgan fingerprint density at radius 1 is 1.07 bits per heavy atom. The van der Waals surface area contributed by atoms with E-state index in [1.165, 1.54) is 24.8 Å². The minimum absolute atomic E-state index is 0.0821. The van der Waals surface area contributed by atoms with E-state index in [1.807, 2.05) is 12.1 Å². The van der Waals surface area contributed by atoms with E-state index in [9.17, 15) is 4.21 Å². The van der Waals surface area contributed by atoms with Gasteiger partial charge in [0.25, 0.3) is 0 Å². The fraction of sp³-hybridized carbons (Fsp3) is 0.727. The van der Waals surface area contributed by atoms with Crippen LogP contribution in [0.2, 0.25) is 0 Å². The average molecular weight is 407 g/mol. The standard InChI is InChI=1S/C22H38N4OS/c1-5-6-7-19(4)24-14-16-25(17-15-24)22-23-12-13-26(22)28(27)21-10-8-20(9-11-21)18(2)3/h8-11,18-19,22-23H,5-7,12-17H2,1-4H3. The Hall–Kier alpha value is -0.790. The van der Waals surface area contributed by atoms with E-state index in [2.05, 4.69) is 59.2 Å². The van der Waals surface area contributed by atoms with Crippen molar-refractivity contribution in [3.05, 3.63) is 29.8 Å². The summed E-state index contributed by atoms with van der Waals surface area (Å²) in [5.74, 6) is 0.500. The topological polar surface area (TPSA) is 38.8 Å². The van der Waals surface area contributed by atoms with Gasteiger partial charge < -0.3 is 0 Å². The summed E-state index contributed by atoms with van der Waals surface area (Å²) in [5, 5.41) is 3.58. The molecule has 6 heteroatoms. The molecule has 0 saturated carbocycles. The molecule has 0 radical (unpaired) electrons. The van der Waals surface area contributed by atoms with Gasteiger partial charge in [-0.3, -0.25) is 15.1 Å². The van der Waals surface area contributed by atoms with Crippen LogP contribution in [0.5, 0.6) is 0 Å². The zero-order valence-corrected chi connectivity index (χ0v) is 18.9. The van der Waals surface area contributed by atoms with E-state index in [0.717, 1.165) is 44.2 Å². The Balaban J connectivity index is 1.58. The van der Waals surface area contributed by atoms with Crippen LogP contribution in [0.1, 0.15) is 58.4 Å². The molecule has 3 atom stereocenters. The molecule has 0 amide bonds. The Morgan fingerprint density at radius 3 is 2.36 bits per heavy atom. The molecule has 2 aliphatic heterocycles. The Bertz CT molecular complexity index is 628. The van der Waals surface area contributed by atoms with Crippen LogP contribution in [0.3, 0.4) is 0 Å². The third-order valence-corrected chi connectivity index (χ3v) is 7.67. The van der Waals surface area contributed by atoms with Gasteiger partial charge in [-0.2, -0.15) is 4.31 Å². The number of rotatable bonds is 8. The van der Waals surface area contributed by atoms with Crippen molar-refractivity contribution in [2.45, 2.75) is 70.1 Å². The molecular weight excluding hydrogens is 368 g/mol. The highest BCUT2D eigenvalue weighted by Gasteiger charge is 2.35. The Morgan fingerprint density at radius 2 is 1.75 bits per heavy atom. The van der Waals surface area contributed by atoms with Crippen LogP contribution in [0, 0.1) is 0 Å². The van der Waals surface area contributed by atoms with Crippen molar-refractivity contribution >= 4 is 11.0 Å². The van der Waals surface area contributed by atoms with Crippen molar-refractivity contribution in [1.82, 2.24) is 19.4 Å². The minimum atomic E-state index is -1.12. The van der Waals surface area contributed by atoms with Gasteiger partial charge in [0.15, 0.2) is 0 Å². The molecule has 1 aromatic carbocycles. The predicted octanol–water partition coefficient (Wildman–Crippen LogP) is 3.22. The number of piperazine rings is 1. The van der Waals surface area contributed by atoms with Crippen molar-refractivity contribution in [2.24, 2.45) is 0 Å². The summed E-state index contributed by atoms with van der Waals surface area (Å²) in [5.41, 5.74) is 1.30. The maximum absolute atomic E-state index is 13.2. The van der Waals surface area contributed by atoms with Crippen LogP contribution >= 0.6 is 0 Å². The molecule has 2 aliphatic rings. The number of benzene rings is 1. The summed E-state index contributed by atoms with van der Waals surface area (Å²) >= 11 is 0. The first-order chi connectivity index (χ1) is 13.5. The molecular formula is C22H38N4OS. The van der Waals surface area contributed by atoms with Crippen molar-refractivity contribution in [3.63, 3.8) is 0 Å². The first-order valence-electron chi connectivity index (χ1n) is 11.0. The molecule has 1 N–H and O–H groups in total. The maximum Gasteiger partial charge on any atom is 0.130 e. The largest absolute Gasteiger partial charge is 0.298 e.